The van der Waals surface area contributed by atoms with Crippen LogP contribution >= 0.6 is 0 Å². The van der Waals surface area contributed by atoms with E-state index in [4.69, 9.17) is 0 Å². The van der Waals surface area contributed by atoms with E-state index >= 15 is 0 Å². The van der Waals surface area contributed by atoms with Crippen LogP contribution in [0, 0.1) is 0 Å². The molecule has 1 aliphatic heterocycles. The quantitative estimate of drug-likeness (QED) is 0.866. The maximum Gasteiger partial charge on any atom is 0.253 e. The molecule has 1 atom stereocenters. The molecule has 0 aliphatic carbocycles. The predicted molar refractivity (Wildman–Crippen MR) is 98.6 cm³/mol. The summed E-state index contributed by atoms with van der Waals surface area (Å²) in [6.07, 6.45) is 1.59. The highest BCUT2D eigenvalue weighted by Crippen LogP contribution is 2.24. The Kier molecular flexibility index (Phi) is 6.24. The fourth-order valence-electron chi connectivity index (χ4n) is 3.59. The third kappa shape index (κ3) is 4.48. The molecule has 0 unspecified atom stereocenters. The molecule has 1 aromatic carbocycles. The number of likely N-dealkylation sites (tertiary alicyclic amines) is 1. The van der Waals surface area contributed by atoms with Gasteiger partial charge in [0, 0.05) is 37.4 Å². The van der Waals surface area contributed by atoms with Crippen molar-refractivity contribution in [2.75, 3.05) is 51.7 Å². The van der Waals surface area contributed by atoms with Gasteiger partial charge in [-0.1, -0.05) is 0 Å². The zero-order valence-corrected chi connectivity index (χ0v) is 15.5. The normalized spacial score (nSPS) is 21.2. The number of hydrogen-bond donors (Lipinski definition) is 1. The van der Waals surface area contributed by atoms with Crippen LogP contribution in [-0.4, -0.2) is 73.2 Å². The van der Waals surface area contributed by atoms with Gasteiger partial charge in [-0.05, 0) is 65.0 Å². The Hall–Kier alpha value is -1.59. The summed E-state index contributed by atoms with van der Waals surface area (Å²) in [6.45, 7) is 7.86. The number of aliphatic hydroxyl groups is 1. The Morgan fingerprint density at radius 1 is 1.21 bits per heavy atom. The van der Waals surface area contributed by atoms with Gasteiger partial charge in [0.1, 0.15) is 0 Å². The summed E-state index contributed by atoms with van der Waals surface area (Å²) >= 11 is 0. The van der Waals surface area contributed by atoms with Crippen LogP contribution < -0.4 is 4.90 Å². The molecule has 5 heteroatoms. The van der Waals surface area contributed by atoms with Gasteiger partial charge in [-0.3, -0.25) is 4.79 Å². The number of nitrogens with zero attached hydrogens (tertiary/aromatic N) is 3. The van der Waals surface area contributed by atoms with Crippen molar-refractivity contribution in [1.82, 2.24) is 9.80 Å². The van der Waals surface area contributed by atoms with Crippen molar-refractivity contribution in [2.24, 2.45) is 0 Å². The standard InChI is InChI=1S/C19H31N3O2/c1-5-21(6-2)17-10-8-16(9-11-17)18(23)22-13-7-12-19(24,15-22)14-20(3)4/h8-11,24H,5-7,12-15H2,1-4H3/t19-/m0/s1. The maximum absolute atomic E-state index is 12.8. The second kappa shape index (κ2) is 7.99. The van der Waals surface area contributed by atoms with Gasteiger partial charge in [0.05, 0.1) is 12.1 Å². The van der Waals surface area contributed by atoms with E-state index in [2.05, 4.69) is 18.7 Å². The Labute approximate surface area is 145 Å². The average molecular weight is 333 g/mol. The van der Waals surface area contributed by atoms with Crippen molar-refractivity contribution < 1.29 is 9.90 Å². The first-order valence-electron chi connectivity index (χ1n) is 8.90. The van der Waals surface area contributed by atoms with Crippen molar-refractivity contribution in [2.45, 2.75) is 32.3 Å². The molecule has 2 rings (SSSR count). The summed E-state index contributed by atoms with van der Waals surface area (Å²) in [4.78, 5) is 18.8. The molecule has 1 fully saturated rings. The average Bonchev–Trinajstić information content (AvgIpc) is 2.55. The Morgan fingerprint density at radius 2 is 1.83 bits per heavy atom. The molecule has 1 aromatic rings. The molecule has 0 spiro atoms. The molecule has 1 N–H and O–H groups in total. The molecule has 1 aliphatic rings. The molecule has 0 radical (unpaired) electrons. The van der Waals surface area contributed by atoms with Gasteiger partial charge < -0.3 is 19.8 Å². The summed E-state index contributed by atoms with van der Waals surface area (Å²) in [7, 11) is 3.90. The number of rotatable bonds is 6. The lowest BCUT2D eigenvalue weighted by atomic mass is 9.92. The summed E-state index contributed by atoms with van der Waals surface area (Å²) in [6, 6.07) is 7.82. The first kappa shape index (κ1) is 18.7. The van der Waals surface area contributed by atoms with Crippen LogP contribution in [0.25, 0.3) is 0 Å². The Balaban J connectivity index is 2.08. The molecular weight excluding hydrogens is 302 g/mol. The fraction of sp³-hybridized carbons (Fsp3) is 0.632. The fourth-order valence-corrected chi connectivity index (χ4v) is 3.59. The summed E-state index contributed by atoms with van der Waals surface area (Å²) < 4.78 is 0. The Morgan fingerprint density at radius 3 is 2.38 bits per heavy atom. The Bertz CT molecular complexity index is 540. The SMILES string of the molecule is CCN(CC)c1ccc(C(=O)N2CCC[C@](O)(CN(C)C)C2)cc1. The largest absolute Gasteiger partial charge is 0.387 e. The van der Waals surface area contributed by atoms with E-state index in [1.165, 1.54) is 0 Å². The highest BCUT2D eigenvalue weighted by atomic mass is 16.3. The van der Waals surface area contributed by atoms with Gasteiger partial charge in [-0.15, -0.1) is 0 Å². The van der Waals surface area contributed by atoms with Crippen molar-refractivity contribution in [3.05, 3.63) is 29.8 Å². The van der Waals surface area contributed by atoms with Gasteiger partial charge in [-0.25, -0.2) is 0 Å². The van der Waals surface area contributed by atoms with Crippen LogP contribution in [0.1, 0.15) is 37.0 Å². The second-order valence-electron chi connectivity index (χ2n) is 7.01. The highest BCUT2D eigenvalue weighted by molar-refractivity contribution is 5.94. The van der Waals surface area contributed by atoms with E-state index in [1.54, 1.807) is 4.90 Å². The minimum absolute atomic E-state index is 0.0120. The molecule has 0 bridgehead atoms. The zero-order chi connectivity index (χ0) is 17.7. The lowest BCUT2D eigenvalue weighted by Gasteiger charge is -2.40. The first-order valence-corrected chi connectivity index (χ1v) is 8.90. The molecular formula is C19H31N3O2. The van der Waals surface area contributed by atoms with E-state index < -0.39 is 5.60 Å². The number of β-amino-alcohol motifs (C(OH)–C–C–N with tert-alkyl or cyclic N) is 1. The number of likely N-dealkylation sites (N-methyl/N-ethyl adjacent to an activating group) is 1. The molecule has 134 valence electrons. The number of carbonyl (C=O) groups is 1. The molecule has 24 heavy (non-hydrogen) atoms. The van der Waals surface area contributed by atoms with Crippen LogP contribution in [0.3, 0.4) is 0 Å². The lowest BCUT2D eigenvalue weighted by Crippen LogP contribution is -2.54. The molecule has 0 aromatic heterocycles. The molecule has 1 heterocycles. The maximum atomic E-state index is 12.8. The monoisotopic (exact) mass is 333 g/mol. The van der Waals surface area contributed by atoms with Crippen molar-refractivity contribution >= 4 is 11.6 Å². The summed E-state index contributed by atoms with van der Waals surface area (Å²) in [5, 5.41) is 10.7. The van der Waals surface area contributed by atoms with E-state index in [0.717, 1.165) is 31.6 Å². The second-order valence-corrected chi connectivity index (χ2v) is 7.01. The van der Waals surface area contributed by atoms with E-state index in [1.807, 2.05) is 43.3 Å². The van der Waals surface area contributed by atoms with Gasteiger partial charge in [0.25, 0.3) is 5.91 Å². The smallest absolute Gasteiger partial charge is 0.253 e. The molecule has 0 saturated carbocycles. The van der Waals surface area contributed by atoms with Gasteiger partial charge in [0.15, 0.2) is 0 Å². The number of anilines is 1. The number of piperidine rings is 1. The van der Waals surface area contributed by atoms with Crippen LogP contribution in [0.2, 0.25) is 0 Å². The molecule has 5 nitrogen and oxygen atoms in total. The summed E-state index contributed by atoms with van der Waals surface area (Å²) in [5.41, 5.74) is 1.03. The van der Waals surface area contributed by atoms with Crippen LogP contribution in [0.4, 0.5) is 5.69 Å². The number of carbonyl (C=O) groups excluding carboxylic acids is 1. The first-order chi connectivity index (χ1) is 11.4. The minimum atomic E-state index is -0.807. The highest BCUT2D eigenvalue weighted by Gasteiger charge is 2.35. The van der Waals surface area contributed by atoms with Gasteiger partial charge in [0.2, 0.25) is 0 Å². The third-order valence-electron chi connectivity index (χ3n) is 4.70. The number of amides is 1. The number of hydrogen-bond acceptors (Lipinski definition) is 4. The van der Waals surface area contributed by atoms with Crippen LogP contribution in [-0.2, 0) is 0 Å². The van der Waals surface area contributed by atoms with Crippen LogP contribution in [0.5, 0.6) is 0 Å². The number of benzene rings is 1. The predicted octanol–water partition coefficient (Wildman–Crippen LogP) is 2.06. The van der Waals surface area contributed by atoms with Gasteiger partial charge >= 0.3 is 0 Å². The third-order valence-corrected chi connectivity index (χ3v) is 4.70. The summed E-state index contributed by atoms with van der Waals surface area (Å²) in [5.74, 6) is 0.0120. The van der Waals surface area contributed by atoms with Crippen LogP contribution in [0.15, 0.2) is 24.3 Å². The van der Waals surface area contributed by atoms with Crippen molar-refractivity contribution in [3.8, 4) is 0 Å². The van der Waals surface area contributed by atoms with Crippen molar-refractivity contribution in [3.63, 3.8) is 0 Å². The van der Waals surface area contributed by atoms with E-state index in [0.29, 0.717) is 25.2 Å². The van der Waals surface area contributed by atoms with E-state index in [9.17, 15) is 9.90 Å². The zero-order valence-electron chi connectivity index (χ0n) is 15.5. The topological polar surface area (TPSA) is 47.0 Å². The van der Waals surface area contributed by atoms with Gasteiger partial charge in [-0.2, -0.15) is 0 Å². The lowest BCUT2D eigenvalue weighted by molar-refractivity contribution is -0.0391. The van der Waals surface area contributed by atoms with E-state index in [-0.39, 0.29) is 5.91 Å². The molecule has 1 saturated heterocycles. The molecule has 1 amide bonds. The minimum Gasteiger partial charge on any atom is -0.387 e. The van der Waals surface area contributed by atoms with Crippen molar-refractivity contribution in [1.29, 1.82) is 0 Å².